The molecule has 0 radical (unpaired) electrons. The van der Waals surface area contributed by atoms with Crippen LogP contribution in [-0.2, 0) is 4.74 Å². The number of aliphatic hydroxyl groups excluding tert-OH is 1. The number of morpholine rings is 1. The molecule has 0 aromatic carbocycles. The normalized spacial score (nSPS) is 24.9. The Morgan fingerprint density at radius 2 is 2.46 bits per heavy atom. The van der Waals surface area contributed by atoms with Crippen LogP contribution in [0.25, 0.3) is 0 Å². The van der Waals surface area contributed by atoms with Crippen molar-refractivity contribution in [3.8, 4) is 0 Å². The summed E-state index contributed by atoms with van der Waals surface area (Å²) in [6.07, 6.45) is 0. The van der Waals surface area contributed by atoms with E-state index in [1.54, 1.807) is 0 Å². The molecule has 0 spiro atoms. The first kappa shape index (κ1) is 10.9. The zero-order valence-electron chi connectivity index (χ0n) is 8.33. The summed E-state index contributed by atoms with van der Waals surface area (Å²) in [5, 5.41) is 12.4. The van der Waals surface area contributed by atoms with Gasteiger partial charge in [0.15, 0.2) is 0 Å². The molecule has 1 saturated heterocycles. The molecule has 78 valence electrons. The first-order valence-electron chi connectivity index (χ1n) is 5.01. The first-order chi connectivity index (χ1) is 6.38. The average molecular weight is 188 g/mol. The maximum Gasteiger partial charge on any atom is 0.0644 e. The molecule has 4 nitrogen and oxygen atoms in total. The molecule has 1 heterocycles. The average Bonchev–Trinajstić information content (AvgIpc) is 2.19. The topological polar surface area (TPSA) is 44.7 Å². The summed E-state index contributed by atoms with van der Waals surface area (Å²) in [6, 6.07) is 0.201. The molecule has 1 aliphatic rings. The van der Waals surface area contributed by atoms with E-state index in [0.717, 1.165) is 32.8 Å². The van der Waals surface area contributed by atoms with Crippen molar-refractivity contribution < 1.29 is 9.84 Å². The van der Waals surface area contributed by atoms with Crippen LogP contribution in [0.4, 0.5) is 0 Å². The van der Waals surface area contributed by atoms with Gasteiger partial charge < -0.3 is 15.2 Å². The Morgan fingerprint density at radius 1 is 1.62 bits per heavy atom. The van der Waals surface area contributed by atoms with E-state index >= 15 is 0 Å². The van der Waals surface area contributed by atoms with Crippen molar-refractivity contribution in [2.75, 3.05) is 46.0 Å². The van der Waals surface area contributed by atoms with Crippen LogP contribution in [0.1, 0.15) is 6.92 Å². The molecule has 13 heavy (non-hydrogen) atoms. The fourth-order valence-corrected chi connectivity index (χ4v) is 1.55. The summed E-state index contributed by atoms with van der Waals surface area (Å²) >= 11 is 0. The van der Waals surface area contributed by atoms with Crippen LogP contribution in [0.3, 0.4) is 0 Å². The Hall–Kier alpha value is -0.160. The van der Waals surface area contributed by atoms with Crippen LogP contribution in [0, 0.1) is 0 Å². The van der Waals surface area contributed by atoms with E-state index in [9.17, 15) is 0 Å². The highest BCUT2D eigenvalue weighted by Crippen LogP contribution is 2.04. The van der Waals surface area contributed by atoms with Gasteiger partial charge in [0.2, 0.25) is 0 Å². The highest BCUT2D eigenvalue weighted by atomic mass is 16.5. The third kappa shape index (κ3) is 3.60. The highest BCUT2D eigenvalue weighted by molar-refractivity contribution is 4.74. The molecule has 1 unspecified atom stereocenters. The maximum absolute atomic E-state index is 9.08. The summed E-state index contributed by atoms with van der Waals surface area (Å²) in [4.78, 5) is 2.28. The van der Waals surface area contributed by atoms with E-state index in [4.69, 9.17) is 9.84 Å². The van der Waals surface area contributed by atoms with Crippen molar-refractivity contribution in [2.45, 2.75) is 13.0 Å². The molecule has 1 fully saturated rings. The van der Waals surface area contributed by atoms with Crippen molar-refractivity contribution in [3.63, 3.8) is 0 Å². The predicted molar refractivity (Wildman–Crippen MR) is 51.8 cm³/mol. The Kier molecular flexibility index (Phi) is 5.31. The zero-order valence-corrected chi connectivity index (χ0v) is 8.33. The summed E-state index contributed by atoms with van der Waals surface area (Å²) in [5.41, 5.74) is 0. The first-order valence-corrected chi connectivity index (χ1v) is 5.01. The number of ether oxygens (including phenoxy) is 1. The Labute approximate surface area is 79.9 Å². The molecule has 1 aliphatic heterocycles. The number of nitrogens with one attached hydrogen (secondary N) is 1. The van der Waals surface area contributed by atoms with Gasteiger partial charge in [-0.05, 0) is 6.54 Å². The second-order valence-corrected chi connectivity index (χ2v) is 3.30. The SMILES string of the molecule is CCNCCN1CCOCC1CO. The third-order valence-electron chi connectivity index (χ3n) is 2.39. The molecule has 0 amide bonds. The molecule has 0 aromatic heterocycles. The molecule has 1 rings (SSSR count). The standard InChI is InChI=1S/C9H20N2O2/c1-2-10-3-4-11-5-6-13-8-9(11)7-12/h9-10,12H,2-8H2,1H3. The smallest absolute Gasteiger partial charge is 0.0644 e. The second kappa shape index (κ2) is 6.32. The molecule has 0 saturated carbocycles. The molecule has 0 bridgehead atoms. The Bertz CT molecular complexity index is 133. The quantitative estimate of drug-likeness (QED) is 0.559. The lowest BCUT2D eigenvalue weighted by molar-refractivity contribution is -0.0265. The van der Waals surface area contributed by atoms with Crippen molar-refractivity contribution >= 4 is 0 Å². The highest BCUT2D eigenvalue weighted by Gasteiger charge is 2.21. The molecule has 0 aliphatic carbocycles. The van der Waals surface area contributed by atoms with Gasteiger partial charge in [-0.15, -0.1) is 0 Å². The minimum absolute atomic E-state index is 0.201. The monoisotopic (exact) mass is 188 g/mol. The number of aliphatic hydroxyl groups is 1. The molecule has 1 atom stereocenters. The van der Waals surface area contributed by atoms with Gasteiger partial charge in [-0.1, -0.05) is 6.92 Å². The van der Waals surface area contributed by atoms with Gasteiger partial charge in [0, 0.05) is 19.6 Å². The minimum Gasteiger partial charge on any atom is -0.395 e. The van der Waals surface area contributed by atoms with E-state index in [1.165, 1.54) is 0 Å². The van der Waals surface area contributed by atoms with E-state index in [-0.39, 0.29) is 12.6 Å². The lowest BCUT2D eigenvalue weighted by atomic mass is 10.2. The summed E-state index contributed by atoms with van der Waals surface area (Å²) < 4.78 is 5.29. The van der Waals surface area contributed by atoms with Gasteiger partial charge in [0.25, 0.3) is 0 Å². The van der Waals surface area contributed by atoms with E-state index in [0.29, 0.717) is 6.61 Å². The van der Waals surface area contributed by atoms with Gasteiger partial charge in [0.05, 0.1) is 25.9 Å². The van der Waals surface area contributed by atoms with Crippen molar-refractivity contribution in [3.05, 3.63) is 0 Å². The zero-order chi connectivity index (χ0) is 9.52. The summed E-state index contributed by atoms with van der Waals surface area (Å²) in [5.74, 6) is 0. The Morgan fingerprint density at radius 3 is 3.15 bits per heavy atom. The third-order valence-corrected chi connectivity index (χ3v) is 2.39. The maximum atomic E-state index is 9.08. The van der Waals surface area contributed by atoms with Gasteiger partial charge in [-0.2, -0.15) is 0 Å². The van der Waals surface area contributed by atoms with Gasteiger partial charge in [-0.3, -0.25) is 4.90 Å². The van der Waals surface area contributed by atoms with Gasteiger partial charge in [-0.25, -0.2) is 0 Å². The number of hydrogen-bond acceptors (Lipinski definition) is 4. The van der Waals surface area contributed by atoms with Crippen LogP contribution in [0.5, 0.6) is 0 Å². The second-order valence-electron chi connectivity index (χ2n) is 3.30. The largest absolute Gasteiger partial charge is 0.395 e. The van der Waals surface area contributed by atoms with Crippen LogP contribution in [0.15, 0.2) is 0 Å². The lowest BCUT2D eigenvalue weighted by Gasteiger charge is -2.34. The molecular formula is C9H20N2O2. The van der Waals surface area contributed by atoms with E-state index in [1.807, 2.05) is 0 Å². The summed E-state index contributed by atoms with van der Waals surface area (Å²) in [6.45, 7) is 7.71. The molecule has 2 N–H and O–H groups in total. The van der Waals surface area contributed by atoms with Gasteiger partial charge in [0.1, 0.15) is 0 Å². The van der Waals surface area contributed by atoms with Gasteiger partial charge >= 0.3 is 0 Å². The van der Waals surface area contributed by atoms with Crippen molar-refractivity contribution in [1.82, 2.24) is 10.2 Å². The molecular weight excluding hydrogens is 168 g/mol. The van der Waals surface area contributed by atoms with Crippen LogP contribution < -0.4 is 5.32 Å². The van der Waals surface area contributed by atoms with Crippen LogP contribution in [-0.4, -0.2) is 62.0 Å². The van der Waals surface area contributed by atoms with E-state index < -0.39 is 0 Å². The van der Waals surface area contributed by atoms with Crippen molar-refractivity contribution in [1.29, 1.82) is 0 Å². The summed E-state index contributed by atoms with van der Waals surface area (Å²) in [7, 11) is 0. The fraction of sp³-hybridized carbons (Fsp3) is 1.00. The van der Waals surface area contributed by atoms with Crippen LogP contribution >= 0.6 is 0 Å². The lowest BCUT2D eigenvalue weighted by Crippen LogP contribution is -2.49. The van der Waals surface area contributed by atoms with Crippen LogP contribution in [0.2, 0.25) is 0 Å². The number of hydrogen-bond donors (Lipinski definition) is 2. The number of likely N-dealkylation sites (N-methyl/N-ethyl adjacent to an activating group) is 1. The van der Waals surface area contributed by atoms with Crippen molar-refractivity contribution in [2.24, 2.45) is 0 Å². The predicted octanol–water partition coefficient (Wildman–Crippen LogP) is -0.711. The van der Waals surface area contributed by atoms with E-state index in [2.05, 4.69) is 17.1 Å². The minimum atomic E-state index is 0.201. The molecule has 4 heteroatoms. The molecule has 0 aromatic rings. The Balaban J connectivity index is 2.19. The number of rotatable bonds is 5. The fourth-order valence-electron chi connectivity index (χ4n) is 1.55. The number of nitrogens with zero attached hydrogens (tertiary/aromatic N) is 1.